The molecule has 0 aliphatic carbocycles. The van der Waals surface area contributed by atoms with Crippen molar-refractivity contribution in [2.45, 2.75) is 32.6 Å². The highest BCUT2D eigenvalue weighted by atomic mass is 32.2. The Bertz CT molecular complexity index is 911. The minimum absolute atomic E-state index is 0.119. The molecule has 1 aliphatic rings. The minimum atomic E-state index is -4.16. The average molecular weight is 331 g/mol. The number of rotatable bonds is 4. The Morgan fingerprint density at radius 3 is 2.52 bits per heavy atom. The summed E-state index contributed by atoms with van der Waals surface area (Å²) in [6.07, 6.45) is 0.339. The molecule has 0 saturated carbocycles. The van der Waals surface area contributed by atoms with Crippen LogP contribution in [0, 0.1) is 0 Å². The Morgan fingerprint density at radius 1 is 1.13 bits per heavy atom. The molecule has 5 heteroatoms. The average Bonchev–Trinajstić information content (AvgIpc) is 2.67. The standard InChI is InChI=1S/C18H21NO3S/c1-13-18(2,3)17-15-8-5-4-7-14(15)9-10-16(17)19(13)11-6-12-23(20,21)22/h4-5,7-10H,6,11-12H2,1-3H3. The molecule has 1 heterocycles. The summed E-state index contributed by atoms with van der Waals surface area (Å²) >= 11 is 0. The van der Waals surface area contributed by atoms with Crippen LogP contribution in [0.1, 0.15) is 32.8 Å². The highest BCUT2D eigenvalue weighted by Gasteiger charge is 2.43. The van der Waals surface area contributed by atoms with Crippen LogP contribution in [-0.2, 0) is 15.5 Å². The molecular weight excluding hydrogens is 310 g/mol. The minimum Gasteiger partial charge on any atom is -0.748 e. The summed E-state index contributed by atoms with van der Waals surface area (Å²) in [6, 6.07) is 12.5. The smallest absolute Gasteiger partial charge is 0.210 e. The number of hydrogen-bond acceptors (Lipinski definition) is 3. The van der Waals surface area contributed by atoms with Gasteiger partial charge in [-0.15, -0.1) is 0 Å². The second-order valence-corrected chi connectivity index (χ2v) is 8.18. The van der Waals surface area contributed by atoms with E-state index in [4.69, 9.17) is 0 Å². The SMILES string of the molecule is CC1=[N+](CCCS(=O)(=O)[O-])c2ccc3ccccc3c2C1(C)C. The molecule has 0 saturated heterocycles. The molecule has 23 heavy (non-hydrogen) atoms. The topological polar surface area (TPSA) is 60.2 Å². The molecule has 2 aromatic rings. The second-order valence-electron chi connectivity index (χ2n) is 6.66. The van der Waals surface area contributed by atoms with Crippen LogP contribution in [0.3, 0.4) is 0 Å². The fourth-order valence-corrected chi connectivity index (χ4v) is 4.01. The lowest BCUT2D eigenvalue weighted by atomic mass is 9.80. The molecule has 0 unspecified atom stereocenters. The summed E-state index contributed by atoms with van der Waals surface area (Å²) in [5, 5.41) is 2.43. The van der Waals surface area contributed by atoms with E-state index < -0.39 is 10.1 Å². The maximum absolute atomic E-state index is 10.9. The Morgan fingerprint density at radius 2 is 1.83 bits per heavy atom. The molecule has 0 fully saturated rings. The van der Waals surface area contributed by atoms with Crippen LogP contribution in [-0.4, -0.2) is 35.6 Å². The Labute approximate surface area is 137 Å². The molecule has 122 valence electrons. The molecule has 0 aromatic heterocycles. The molecule has 0 radical (unpaired) electrons. The normalized spacial score (nSPS) is 16.9. The molecule has 0 amide bonds. The van der Waals surface area contributed by atoms with Gasteiger partial charge in [-0.2, -0.15) is 4.58 Å². The van der Waals surface area contributed by atoms with Gasteiger partial charge in [0.25, 0.3) is 0 Å². The monoisotopic (exact) mass is 331 g/mol. The van der Waals surface area contributed by atoms with Gasteiger partial charge in [-0.25, -0.2) is 8.42 Å². The first-order valence-electron chi connectivity index (χ1n) is 7.79. The van der Waals surface area contributed by atoms with E-state index in [1.165, 1.54) is 22.0 Å². The summed E-state index contributed by atoms with van der Waals surface area (Å²) in [5.41, 5.74) is 3.46. The zero-order chi connectivity index (χ0) is 16.8. The first kappa shape index (κ1) is 16.1. The van der Waals surface area contributed by atoms with Gasteiger partial charge in [0.15, 0.2) is 5.71 Å². The largest absolute Gasteiger partial charge is 0.748 e. The predicted molar refractivity (Wildman–Crippen MR) is 91.6 cm³/mol. The van der Waals surface area contributed by atoms with E-state index >= 15 is 0 Å². The summed E-state index contributed by atoms with van der Waals surface area (Å²) < 4.78 is 34.7. The fraction of sp³-hybridized carbons (Fsp3) is 0.389. The fourth-order valence-electron chi connectivity index (χ4n) is 3.53. The van der Waals surface area contributed by atoms with Crippen molar-refractivity contribution in [3.05, 3.63) is 42.0 Å². The first-order chi connectivity index (χ1) is 10.7. The molecule has 3 rings (SSSR count). The maximum atomic E-state index is 10.9. The van der Waals surface area contributed by atoms with Gasteiger partial charge in [0, 0.05) is 30.7 Å². The van der Waals surface area contributed by atoms with Crippen LogP contribution in [0.2, 0.25) is 0 Å². The summed E-state index contributed by atoms with van der Waals surface area (Å²) in [6.45, 7) is 7.01. The Balaban J connectivity index is 2.06. The van der Waals surface area contributed by atoms with Crippen LogP contribution in [0.5, 0.6) is 0 Å². The van der Waals surface area contributed by atoms with Gasteiger partial charge in [-0.05, 0) is 30.7 Å². The van der Waals surface area contributed by atoms with Crippen molar-refractivity contribution in [3.8, 4) is 0 Å². The van der Waals surface area contributed by atoms with Crippen molar-refractivity contribution in [1.29, 1.82) is 0 Å². The lowest BCUT2D eigenvalue weighted by molar-refractivity contribution is -0.438. The lowest BCUT2D eigenvalue weighted by Gasteiger charge is -2.17. The van der Waals surface area contributed by atoms with E-state index in [-0.39, 0.29) is 11.2 Å². The highest BCUT2D eigenvalue weighted by Crippen LogP contribution is 2.43. The maximum Gasteiger partial charge on any atom is 0.210 e. The van der Waals surface area contributed by atoms with Gasteiger partial charge in [-0.1, -0.05) is 24.3 Å². The third-order valence-corrected chi connectivity index (χ3v) is 5.70. The van der Waals surface area contributed by atoms with Crippen LogP contribution in [0.4, 0.5) is 5.69 Å². The van der Waals surface area contributed by atoms with Crippen LogP contribution < -0.4 is 0 Å². The van der Waals surface area contributed by atoms with E-state index in [1.54, 1.807) is 0 Å². The van der Waals surface area contributed by atoms with Crippen molar-refractivity contribution in [3.63, 3.8) is 0 Å². The molecule has 0 bridgehead atoms. The predicted octanol–water partition coefficient (Wildman–Crippen LogP) is 3.17. The van der Waals surface area contributed by atoms with Crippen molar-refractivity contribution in [2.24, 2.45) is 0 Å². The lowest BCUT2D eigenvalue weighted by Crippen LogP contribution is -2.27. The molecule has 4 nitrogen and oxygen atoms in total. The van der Waals surface area contributed by atoms with Crippen molar-refractivity contribution in [1.82, 2.24) is 0 Å². The second kappa shape index (κ2) is 5.42. The molecule has 0 atom stereocenters. The van der Waals surface area contributed by atoms with Gasteiger partial charge in [0.1, 0.15) is 6.54 Å². The zero-order valence-corrected chi connectivity index (χ0v) is 14.5. The quantitative estimate of drug-likeness (QED) is 0.638. The van der Waals surface area contributed by atoms with E-state index in [9.17, 15) is 13.0 Å². The number of nitrogens with zero attached hydrogens (tertiary/aromatic N) is 1. The molecule has 0 spiro atoms. The first-order valence-corrected chi connectivity index (χ1v) is 9.37. The summed E-state index contributed by atoms with van der Waals surface area (Å²) in [5.74, 6) is -0.319. The van der Waals surface area contributed by atoms with E-state index in [0.717, 1.165) is 5.69 Å². The highest BCUT2D eigenvalue weighted by molar-refractivity contribution is 7.85. The van der Waals surface area contributed by atoms with Crippen molar-refractivity contribution < 1.29 is 17.5 Å². The number of benzene rings is 2. The van der Waals surface area contributed by atoms with E-state index in [2.05, 4.69) is 49.6 Å². The van der Waals surface area contributed by atoms with Crippen LogP contribution in [0.25, 0.3) is 10.8 Å². The van der Waals surface area contributed by atoms with Gasteiger partial charge < -0.3 is 4.55 Å². The van der Waals surface area contributed by atoms with Gasteiger partial charge >= 0.3 is 0 Å². The number of fused-ring (bicyclic) bond motifs is 3. The van der Waals surface area contributed by atoms with Gasteiger partial charge in [0.2, 0.25) is 5.69 Å². The van der Waals surface area contributed by atoms with Gasteiger partial charge in [0.05, 0.1) is 15.5 Å². The zero-order valence-electron chi connectivity index (χ0n) is 13.7. The Hall–Kier alpha value is -1.72. The third kappa shape index (κ3) is 2.79. The van der Waals surface area contributed by atoms with Crippen molar-refractivity contribution in [2.75, 3.05) is 12.3 Å². The third-order valence-electron chi connectivity index (χ3n) is 4.91. The summed E-state index contributed by atoms with van der Waals surface area (Å²) in [7, 11) is -4.16. The number of hydrogen-bond donors (Lipinski definition) is 0. The molecule has 2 aromatic carbocycles. The van der Waals surface area contributed by atoms with E-state index in [0.29, 0.717) is 13.0 Å². The summed E-state index contributed by atoms with van der Waals surface area (Å²) in [4.78, 5) is 0. The van der Waals surface area contributed by atoms with E-state index in [1.807, 2.05) is 12.1 Å². The van der Waals surface area contributed by atoms with Crippen LogP contribution >= 0.6 is 0 Å². The van der Waals surface area contributed by atoms with Gasteiger partial charge in [-0.3, -0.25) is 0 Å². The molecular formula is C18H21NO3S. The van der Waals surface area contributed by atoms with Crippen molar-refractivity contribution >= 4 is 32.3 Å². The molecule has 0 N–H and O–H groups in total. The molecule has 1 aliphatic heterocycles. The van der Waals surface area contributed by atoms with Crippen LogP contribution in [0.15, 0.2) is 36.4 Å². The Kier molecular flexibility index (Phi) is 3.81.